The van der Waals surface area contributed by atoms with Crippen molar-refractivity contribution < 1.29 is 15.3 Å². The highest BCUT2D eigenvalue weighted by molar-refractivity contribution is 5.94. The van der Waals surface area contributed by atoms with Crippen molar-refractivity contribution in [3.8, 4) is 17.2 Å². The molecule has 0 spiro atoms. The van der Waals surface area contributed by atoms with Gasteiger partial charge in [-0.05, 0) is 72.4 Å². The lowest BCUT2D eigenvalue weighted by atomic mass is 9.85. The van der Waals surface area contributed by atoms with Gasteiger partial charge in [-0.15, -0.1) is 0 Å². The molecule has 0 aliphatic heterocycles. The molecule has 0 heterocycles. The Morgan fingerprint density at radius 2 is 1.10 bits per heavy atom. The molecule has 0 saturated carbocycles. The van der Waals surface area contributed by atoms with E-state index in [0.29, 0.717) is 22.5 Å². The van der Waals surface area contributed by atoms with Crippen LogP contribution < -0.4 is 0 Å². The lowest BCUT2D eigenvalue weighted by Gasteiger charge is -2.21. The summed E-state index contributed by atoms with van der Waals surface area (Å²) in [6, 6.07) is 14.1. The molecule has 0 aliphatic carbocycles. The zero-order valence-corrected chi connectivity index (χ0v) is 18.5. The van der Waals surface area contributed by atoms with Crippen molar-refractivity contribution in [2.24, 2.45) is 9.98 Å². The lowest BCUT2D eigenvalue weighted by molar-refractivity contribution is 0.471. The number of phenols is 3. The van der Waals surface area contributed by atoms with Crippen LogP contribution in [0.3, 0.4) is 0 Å². The van der Waals surface area contributed by atoms with Crippen LogP contribution in [0.2, 0.25) is 0 Å². The van der Waals surface area contributed by atoms with Crippen LogP contribution in [0.25, 0.3) is 0 Å². The fourth-order valence-electron chi connectivity index (χ4n) is 3.06. The zero-order chi connectivity index (χ0) is 22.8. The van der Waals surface area contributed by atoms with Crippen molar-refractivity contribution in [3.05, 3.63) is 76.3 Å². The summed E-state index contributed by atoms with van der Waals surface area (Å²) < 4.78 is 0. The molecule has 0 fully saturated rings. The summed E-state index contributed by atoms with van der Waals surface area (Å²) in [6.45, 7) is 10.1. The first-order valence-electron chi connectivity index (χ1n) is 10.1. The Hall–Kier alpha value is -3.60. The second-order valence-electron chi connectivity index (χ2n) is 8.75. The Morgan fingerprint density at radius 3 is 1.48 bits per heavy atom. The first kappa shape index (κ1) is 22.1. The maximum Gasteiger partial charge on any atom is 0.141 e. The molecule has 0 aromatic heterocycles. The predicted molar refractivity (Wildman–Crippen MR) is 127 cm³/mol. The van der Waals surface area contributed by atoms with Crippen molar-refractivity contribution in [1.82, 2.24) is 0 Å². The van der Waals surface area contributed by atoms with Gasteiger partial charge in [-0.1, -0.05) is 32.9 Å². The number of hydrogen-bond donors (Lipinski definition) is 3. The normalized spacial score (nSPS) is 12.2. The van der Waals surface area contributed by atoms with Crippen LogP contribution in [0.1, 0.15) is 48.6 Å². The number of nitrogens with zero attached hydrogens (tertiary/aromatic N) is 2. The average molecular weight is 417 g/mol. The second kappa shape index (κ2) is 8.64. The van der Waals surface area contributed by atoms with E-state index in [1.165, 1.54) is 0 Å². The van der Waals surface area contributed by atoms with Gasteiger partial charge in [-0.25, -0.2) is 0 Å². The second-order valence-corrected chi connectivity index (χ2v) is 8.75. The molecule has 3 rings (SSSR count). The van der Waals surface area contributed by atoms with E-state index in [-0.39, 0.29) is 22.7 Å². The summed E-state index contributed by atoms with van der Waals surface area (Å²) in [4.78, 5) is 8.77. The average Bonchev–Trinajstić information content (AvgIpc) is 2.70. The largest absolute Gasteiger partial charge is 0.507 e. The van der Waals surface area contributed by atoms with Crippen LogP contribution in [0.5, 0.6) is 17.2 Å². The van der Waals surface area contributed by atoms with Crippen molar-refractivity contribution in [3.63, 3.8) is 0 Å². The van der Waals surface area contributed by atoms with E-state index in [2.05, 4.69) is 30.8 Å². The van der Waals surface area contributed by atoms with Crippen molar-refractivity contribution >= 4 is 23.8 Å². The Kier molecular flexibility index (Phi) is 6.16. The Labute approximate surface area is 183 Å². The lowest BCUT2D eigenvalue weighted by Crippen LogP contribution is -2.12. The van der Waals surface area contributed by atoms with Crippen LogP contribution in [0.15, 0.2) is 58.5 Å². The van der Waals surface area contributed by atoms with E-state index in [1.54, 1.807) is 48.8 Å². The molecule has 3 N–H and O–H groups in total. The van der Waals surface area contributed by atoms with E-state index in [1.807, 2.05) is 26.0 Å². The highest BCUT2D eigenvalue weighted by Crippen LogP contribution is 2.33. The van der Waals surface area contributed by atoms with Crippen LogP contribution in [0, 0.1) is 13.8 Å². The highest BCUT2D eigenvalue weighted by Gasteiger charge is 2.18. The molecule has 0 unspecified atom stereocenters. The van der Waals surface area contributed by atoms with Gasteiger partial charge in [-0.2, -0.15) is 0 Å². The molecule has 0 saturated heterocycles. The number of rotatable bonds is 4. The number of benzene rings is 3. The maximum atomic E-state index is 10.9. The first-order valence-corrected chi connectivity index (χ1v) is 10.1. The van der Waals surface area contributed by atoms with Gasteiger partial charge in [0.15, 0.2) is 0 Å². The van der Waals surface area contributed by atoms with Gasteiger partial charge in [0.1, 0.15) is 28.6 Å². The van der Waals surface area contributed by atoms with Gasteiger partial charge in [0.2, 0.25) is 0 Å². The number of aryl methyl sites for hydroxylation is 2. The van der Waals surface area contributed by atoms with Gasteiger partial charge in [-0.3, -0.25) is 9.98 Å². The fourth-order valence-corrected chi connectivity index (χ4v) is 3.06. The van der Waals surface area contributed by atoms with Gasteiger partial charge in [0.05, 0.1) is 0 Å². The third-order valence-electron chi connectivity index (χ3n) is 4.98. The summed E-state index contributed by atoms with van der Waals surface area (Å²) in [5, 5.41) is 31.0. The minimum Gasteiger partial charge on any atom is -0.507 e. The van der Waals surface area contributed by atoms with E-state index in [9.17, 15) is 15.3 Å². The Balaban J connectivity index is 2.08. The van der Waals surface area contributed by atoms with Crippen LogP contribution in [-0.4, -0.2) is 27.7 Å². The topological polar surface area (TPSA) is 85.4 Å². The van der Waals surface area contributed by atoms with Gasteiger partial charge in [0, 0.05) is 23.6 Å². The van der Waals surface area contributed by atoms with Crippen molar-refractivity contribution in [2.75, 3.05) is 0 Å². The first-order chi connectivity index (χ1) is 14.5. The molecule has 0 bridgehead atoms. The van der Waals surface area contributed by atoms with E-state index in [0.717, 1.165) is 16.7 Å². The van der Waals surface area contributed by atoms with E-state index in [4.69, 9.17) is 0 Å². The van der Waals surface area contributed by atoms with Gasteiger partial charge in [0.25, 0.3) is 0 Å². The molecule has 160 valence electrons. The number of aliphatic imine (C=N–C) groups is 2. The van der Waals surface area contributed by atoms with Crippen LogP contribution in [0.4, 0.5) is 11.4 Å². The van der Waals surface area contributed by atoms with E-state index >= 15 is 0 Å². The molecule has 3 aromatic rings. The molecule has 3 aromatic carbocycles. The molecule has 5 nitrogen and oxygen atoms in total. The molecular weight excluding hydrogens is 388 g/mol. The minimum atomic E-state index is -0.171. The summed E-state index contributed by atoms with van der Waals surface area (Å²) in [7, 11) is 0. The smallest absolute Gasteiger partial charge is 0.141 e. The fraction of sp³-hybridized carbons (Fsp3) is 0.231. The quantitative estimate of drug-likeness (QED) is 0.441. The number of aromatic hydroxyl groups is 3. The monoisotopic (exact) mass is 416 g/mol. The third-order valence-corrected chi connectivity index (χ3v) is 4.98. The molecule has 0 amide bonds. The molecule has 0 atom stereocenters. The molecule has 0 aliphatic rings. The highest BCUT2D eigenvalue weighted by atomic mass is 16.3. The van der Waals surface area contributed by atoms with Crippen molar-refractivity contribution in [1.29, 1.82) is 0 Å². The minimum absolute atomic E-state index is 0.0276. The number of hydrogen-bond acceptors (Lipinski definition) is 5. The van der Waals surface area contributed by atoms with Crippen molar-refractivity contribution in [2.45, 2.75) is 40.0 Å². The molecule has 5 heteroatoms. The Bertz CT molecular complexity index is 1090. The van der Waals surface area contributed by atoms with E-state index < -0.39 is 0 Å². The third kappa shape index (κ3) is 5.31. The standard InChI is InChI=1S/C26H28N2O3/c1-16-6-8-23(29)21(10-16)27-14-18-12-20(26(3,4)5)13-19(25(18)31)15-28-22-11-17(2)7-9-24(22)30/h6-15,29-31H,1-5H3. The predicted octanol–water partition coefficient (Wildman–Crippen LogP) is 6.22. The van der Waals surface area contributed by atoms with Crippen LogP contribution in [-0.2, 0) is 5.41 Å². The summed E-state index contributed by atoms with van der Waals surface area (Å²) in [6.07, 6.45) is 3.08. The summed E-state index contributed by atoms with van der Waals surface area (Å²) >= 11 is 0. The summed E-state index contributed by atoms with van der Waals surface area (Å²) in [5.74, 6) is 0.176. The maximum absolute atomic E-state index is 10.9. The SMILES string of the molecule is Cc1ccc(O)c(N=Cc2cc(C(C)(C)C)cc(C=Nc3cc(C)ccc3O)c2O)c1. The molecule has 31 heavy (non-hydrogen) atoms. The molecule has 0 radical (unpaired) electrons. The van der Waals surface area contributed by atoms with Crippen LogP contribution >= 0.6 is 0 Å². The number of phenolic OH excluding ortho intramolecular Hbond substituents is 3. The van der Waals surface area contributed by atoms with Gasteiger partial charge < -0.3 is 15.3 Å². The molecular formula is C26H28N2O3. The summed E-state index contributed by atoms with van der Waals surface area (Å²) in [5.41, 5.74) is 4.67. The van der Waals surface area contributed by atoms with Gasteiger partial charge >= 0.3 is 0 Å². The Morgan fingerprint density at radius 1 is 0.677 bits per heavy atom. The zero-order valence-electron chi connectivity index (χ0n) is 18.5.